The standard InChI is InChI=1S/C18H20N2O3/c1-12-6-8-13(9-7-12)19-18(22)17-14-5-3-4-10-20(14)16(21)11-15(17)23-2/h6-9,11H,3-5,10H2,1-2H3,(H,19,22). The van der Waals surface area contributed by atoms with E-state index in [1.54, 1.807) is 4.57 Å². The average molecular weight is 312 g/mol. The van der Waals surface area contributed by atoms with Gasteiger partial charge in [0.25, 0.3) is 11.5 Å². The summed E-state index contributed by atoms with van der Waals surface area (Å²) in [5.41, 5.74) is 2.98. The zero-order chi connectivity index (χ0) is 16.4. The van der Waals surface area contributed by atoms with Crippen LogP contribution in [-0.2, 0) is 13.0 Å². The molecule has 0 saturated heterocycles. The van der Waals surface area contributed by atoms with E-state index >= 15 is 0 Å². The van der Waals surface area contributed by atoms with Crippen molar-refractivity contribution in [1.29, 1.82) is 0 Å². The van der Waals surface area contributed by atoms with Gasteiger partial charge in [0, 0.05) is 24.0 Å². The summed E-state index contributed by atoms with van der Waals surface area (Å²) in [5.74, 6) is 0.101. The number of anilines is 1. The Morgan fingerprint density at radius 1 is 1.22 bits per heavy atom. The van der Waals surface area contributed by atoms with Gasteiger partial charge in [0.15, 0.2) is 0 Å². The number of ether oxygens (including phenoxy) is 1. The molecule has 1 aromatic carbocycles. The van der Waals surface area contributed by atoms with Crippen molar-refractivity contribution in [2.75, 3.05) is 12.4 Å². The van der Waals surface area contributed by atoms with Crippen molar-refractivity contribution in [1.82, 2.24) is 4.57 Å². The molecule has 120 valence electrons. The van der Waals surface area contributed by atoms with Crippen LogP contribution in [0.5, 0.6) is 5.75 Å². The smallest absolute Gasteiger partial charge is 0.261 e. The Kier molecular flexibility index (Phi) is 4.19. The molecule has 1 aliphatic rings. The molecule has 0 atom stereocenters. The van der Waals surface area contributed by atoms with E-state index < -0.39 is 0 Å². The first-order valence-corrected chi connectivity index (χ1v) is 7.79. The van der Waals surface area contributed by atoms with Crippen LogP contribution in [0.3, 0.4) is 0 Å². The highest BCUT2D eigenvalue weighted by Crippen LogP contribution is 2.26. The molecule has 0 aliphatic carbocycles. The van der Waals surface area contributed by atoms with Crippen molar-refractivity contribution in [2.45, 2.75) is 32.7 Å². The maximum absolute atomic E-state index is 12.8. The Morgan fingerprint density at radius 3 is 2.65 bits per heavy atom. The van der Waals surface area contributed by atoms with E-state index in [2.05, 4.69) is 5.32 Å². The summed E-state index contributed by atoms with van der Waals surface area (Å²) in [6.07, 6.45) is 2.64. The monoisotopic (exact) mass is 312 g/mol. The van der Waals surface area contributed by atoms with Crippen LogP contribution < -0.4 is 15.6 Å². The summed E-state index contributed by atoms with van der Waals surface area (Å²) in [4.78, 5) is 24.9. The molecule has 5 heteroatoms. The van der Waals surface area contributed by atoms with Gasteiger partial charge in [0.1, 0.15) is 11.3 Å². The molecule has 1 N–H and O–H groups in total. The lowest BCUT2D eigenvalue weighted by atomic mass is 10.0. The first-order valence-electron chi connectivity index (χ1n) is 7.79. The SMILES string of the molecule is COc1cc(=O)n2c(c1C(=O)Nc1ccc(C)cc1)CCCC2. The summed E-state index contributed by atoms with van der Waals surface area (Å²) >= 11 is 0. The number of methoxy groups -OCH3 is 1. The van der Waals surface area contributed by atoms with Gasteiger partial charge in [-0.3, -0.25) is 9.59 Å². The Bertz CT molecular complexity index is 791. The van der Waals surface area contributed by atoms with Crippen molar-refractivity contribution in [3.8, 4) is 5.75 Å². The molecule has 23 heavy (non-hydrogen) atoms. The summed E-state index contributed by atoms with van der Waals surface area (Å²) in [6, 6.07) is 9.01. The molecule has 0 spiro atoms. The molecule has 0 saturated carbocycles. The molecule has 0 bridgehead atoms. The lowest BCUT2D eigenvalue weighted by molar-refractivity contribution is 0.102. The van der Waals surface area contributed by atoms with E-state index in [1.165, 1.54) is 13.2 Å². The second-order valence-corrected chi connectivity index (χ2v) is 5.80. The normalized spacial score (nSPS) is 13.3. The molecule has 1 amide bonds. The lowest BCUT2D eigenvalue weighted by Gasteiger charge is -2.22. The van der Waals surface area contributed by atoms with Crippen LogP contribution >= 0.6 is 0 Å². The van der Waals surface area contributed by atoms with Gasteiger partial charge >= 0.3 is 0 Å². The van der Waals surface area contributed by atoms with E-state index in [1.807, 2.05) is 31.2 Å². The van der Waals surface area contributed by atoms with Crippen LogP contribution in [0.25, 0.3) is 0 Å². The number of fused-ring (bicyclic) bond motifs is 1. The second-order valence-electron chi connectivity index (χ2n) is 5.80. The largest absolute Gasteiger partial charge is 0.496 e. The predicted octanol–water partition coefficient (Wildman–Crippen LogP) is 2.75. The number of benzene rings is 1. The number of pyridine rings is 1. The van der Waals surface area contributed by atoms with Crippen LogP contribution in [0.2, 0.25) is 0 Å². The number of nitrogens with zero attached hydrogens (tertiary/aromatic N) is 1. The minimum Gasteiger partial charge on any atom is -0.496 e. The number of hydrogen-bond donors (Lipinski definition) is 1. The fourth-order valence-corrected chi connectivity index (χ4v) is 2.97. The number of carbonyl (C=O) groups is 1. The summed E-state index contributed by atoms with van der Waals surface area (Å²) < 4.78 is 6.99. The minimum atomic E-state index is -0.239. The molecule has 2 heterocycles. The van der Waals surface area contributed by atoms with Crippen LogP contribution in [0.15, 0.2) is 35.1 Å². The van der Waals surface area contributed by atoms with Crippen LogP contribution in [0, 0.1) is 6.92 Å². The molecule has 2 aromatic rings. The highest BCUT2D eigenvalue weighted by molar-refractivity contribution is 6.07. The number of carbonyl (C=O) groups excluding carboxylic acids is 1. The van der Waals surface area contributed by atoms with Crippen molar-refractivity contribution in [2.24, 2.45) is 0 Å². The maximum atomic E-state index is 12.8. The molecule has 0 fully saturated rings. The zero-order valence-electron chi connectivity index (χ0n) is 13.4. The Labute approximate surface area is 134 Å². The number of hydrogen-bond acceptors (Lipinski definition) is 3. The van der Waals surface area contributed by atoms with Crippen LogP contribution in [0.4, 0.5) is 5.69 Å². The third-order valence-electron chi connectivity index (χ3n) is 4.18. The molecule has 1 aliphatic heterocycles. The van der Waals surface area contributed by atoms with Gasteiger partial charge < -0.3 is 14.6 Å². The number of aryl methyl sites for hydroxylation is 1. The third kappa shape index (κ3) is 2.99. The third-order valence-corrected chi connectivity index (χ3v) is 4.18. The highest BCUT2D eigenvalue weighted by Gasteiger charge is 2.24. The van der Waals surface area contributed by atoms with Crippen LogP contribution in [0.1, 0.15) is 34.5 Å². The Balaban J connectivity index is 2.02. The molecular weight excluding hydrogens is 292 g/mol. The second kappa shape index (κ2) is 6.28. The number of rotatable bonds is 3. The number of nitrogens with one attached hydrogen (secondary N) is 1. The summed E-state index contributed by atoms with van der Waals surface area (Å²) in [6.45, 7) is 2.65. The molecule has 5 nitrogen and oxygen atoms in total. The van der Waals surface area contributed by atoms with Gasteiger partial charge in [-0.15, -0.1) is 0 Å². The van der Waals surface area contributed by atoms with E-state index in [4.69, 9.17) is 4.74 Å². The van der Waals surface area contributed by atoms with Gasteiger partial charge in [0.05, 0.1) is 7.11 Å². The zero-order valence-corrected chi connectivity index (χ0v) is 13.4. The van der Waals surface area contributed by atoms with Gasteiger partial charge in [-0.1, -0.05) is 17.7 Å². The van der Waals surface area contributed by atoms with E-state index in [0.29, 0.717) is 24.3 Å². The first kappa shape index (κ1) is 15.3. The molecule has 3 rings (SSSR count). The Morgan fingerprint density at radius 2 is 1.96 bits per heavy atom. The molecule has 0 radical (unpaired) electrons. The van der Waals surface area contributed by atoms with E-state index in [9.17, 15) is 9.59 Å². The topological polar surface area (TPSA) is 60.3 Å². The number of amides is 1. The van der Waals surface area contributed by atoms with Gasteiger partial charge in [0.2, 0.25) is 0 Å². The van der Waals surface area contributed by atoms with Gasteiger partial charge in [-0.05, 0) is 38.3 Å². The minimum absolute atomic E-state index is 0.108. The first-order chi connectivity index (χ1) is 11.1. The highest BCUT2D eigenvalue weighted by atomic mass is 16.5. The van der Waals surface area contributed by atoms with Crippen molar-refractivity contribution in [3.63, 3.8) is 0 Å². The van der Waals surface area contributed by atoms with E-state index in [0.717, 1.165) is 29.8 Å². The molecule has 1 aromatic heterocycles. The van der Waals surface area contributed by atoms with Crippen molar-refractivity contribution >= 4 is 11.6 Å². The van der Waals surface area contributed by atoms with Gasteiger partial charge in [-0.25, -0.2) is 0 Å². The lowest BCUT2D eigenvalue weighted by Crippen LogP contribution is -2.30. The molecule has 0 unspecified atom stereocenters. The fraction of sp³-hybridized carbons (Fsp3) is 0.333. The predicted molar refractivity (Wildman–Crippen MR) is 89.3 cm³/mol. The number of aromatic nitrogens is 1. The fourth-order valence-electron chi connectivity index (χ4n) is 2.97. The Hall–Kier alpha value is -2.56. The van der Waals surface area contributed by atoms with Gasteiger partial charge in [-0.2, -0.15) is 0 Å². The van der Waals surface area contributed by atoms with Crippen LogP contribution in [-0.4, -0.2) is 17.6 Å². The maximum Gasteiger partial charge on any atom is 0.261 e. The molecular formula is C18H20N2O3. The quantitative estimate of drug-likeness (QED) is 0.948. The summed E-state index contributed by atoms with van der Waals surface area (Å²) in [7, 11) is 1.48. The van der Waals surface area contributed by atoms with Crippen molar-refractivity contribution in [3.05, 3.63) is 57.5 Å². The van der Waals surface area contributed by atoms with Crippen molar-refractivity contribution < 1.29 is 9.53 Å². The average Bonchev–Trinajstić information content (AvgIpc) is 2.56. The summed E-state index contributed by atoms with van der Waals surface area (Å²) in [5, 5.41) is 2.90. The van der Waals surface area contributed by atoms with E-state index in [-0.39, 0.29) is 11.5 Å².